The van der Waals surface area contributed by atoms with Crippen LogP contribution in [-0.2, 0) is 13.0 Å². The summed E-state index contributed by atoms with van der Waals surface area (Å²) in [6.07, 6.45) is 6.63. The van der Waals surface area contributed by atoms with E-state index in [1.165, 1.54) is 19.3 Å². The Kier molecular flexibility index (Phi) is 5.50. The SMILES string of the molecule is COc1ccc(C(=O)N2CCCC(c3nnc4n3CCCCC4)C2)c(OC)c1. The van der Waals surface area contributed by atoms with E-state index < -0.39 is 0 Å². The van der Waals surface area contributed by atoms with Crippen LogP contribution in [0.4, 0.5) is 0 Å². The number of ether oxygens (including phenoxy) is 2. The third-order valence-corrected chi connectivity index (χ3v) is 5.85. The van der Waals surface area contributed by atoms with Gasteiger partial charge in [0.25, 0.3) is 5.91 Å². The standard InChI is InChI=1S/C21H28N4O3/c1-27-16-9-10-17(18(13-16)28-2)21(26)24-11-6-7-15(14-24)20-23-22-19-8-4-3-5-12-25(19)20/h9-10,13,15H,3-8,11-12,14H2,1-2H3. The van der Waals surface area contributed by atoms with Crippen LogP contribution in [0.5, 0.6) is 11.5 Å². The molecule has 2 aliphatic heterocycles. The van der Waals surface area contributed by atoms with Crippen molar-refractivity contribution in [3.8, 4) is 11.5 Å². The number of carbonyl (C=O) groups is 1. The Morgan fingerprint density at radius 3 is 2.79 bits per heavy atom. The topological polar surface area (TPSA) is 69.5 Å². The Hall–Kier alpha value is -2.57. The first-order valence-electron chi connectivity index (χ1n) is 10.1. The van der Waals surface area contributed by atoms with E-state index in [4.69, 9.17) is 9.47 Å². The highest BCUT2D eigenvalue weighted by Crippen LogP contribution is 2.31. The molecule has 4 rings (SSSR count). The van der Waals surface area contributed by atoms with Gasteiger partial charge in [0.2, 0.25) is 0 Å². The molecule has 0 radical (unpaired) electrons. The molecule has 7 nitrogen and oxygen atoms in total. The minimum absolute atomic E-state index is 0.000178. The van der Waals surface area contributed by atoms with E-state index in [9.17, 15) is 4.79 Å². The average molecular weight is 384 g/mol. The third-order valence-electron chi connectivity index (χ3n) is 5.85. The van der Waals surface area contributed by atoms with E-state index in [1.807, 2.05) is 4.90 Å². The second-order valence-electron chi connectivity index (χ2n) is 7.59. The van der Waals surface area contributed by atoms with Crippen molar-refractivity contribution < 1.29 is 14.3 Å². The number of aromatic nitrogens is 3. The predicted octanol–water partition coefficient (Wildman–Crippen LogP) is 3.04. The number of rotatable bonds is 4. The van der Waals surface area contributed by atoms with Gasteiger partial charge in [0.05, 0.1) is 19.8 Å². The van der Waals surface area contributed by atoms with Crippen LogP contribution in [-0.4, -0.2) is 52.9 Å². The van der Waals surface area contributed by atoms with Crippen molar-refractivity contribution in [2.24, 2.45) is 0 Å². The largest absolute Gasteiger partial charge is 0.497 e. The van der Waals surface area contributed by atoms with Gasteiger partial charge in [-0.05, 0) is 37.8 Å². The van der Waals surface area contributed by atoms with Crippen LogP contribution in [0.25, 0.3) is 0 Å². The number of hydrogen-bond donors (Lipinski definition) is 0. The Morgan fingerprint density at radius 2 is 1.96 bits per heavy atom. The minimum atomic E-state index is -0.000178. The van der Waals surface area contributed by atoms with Crippen molar-refractivity contribution in [3.05, 3.63) is 35.4 Å². The molecule has 150 valence electrons. The fourth-order valence-electron chi connectivity index (χ4n) is 4.33. The van der Waals surface area contributed by atoms with Crippen molar-refractivity contribution >= 4 is 5.91 Å². The highest BCUT2D eigenvalue weighted by molar-refractivity contribution is 5.97. The molecule has 0 spiro atoms. The second-order valence-corrected chi connectivity index (χ2v) is 7.59. The molecule has 1 atom stereocenters. The fourth-order valence-corrected chi connectivity index (χ4v) is 4.33. The maximum absolute atomic E-state index is 13.2. The summed E-state index contributed by atoms with van der Waals surface area (Å²) < 4.78 is 13.0. The molecule has 1 fully saturated rings. The molecule has 0 saturated carbocycles. The molecule has 1 aromatic heterocycles. The Bertz CT molecular complexity index is 848. The van der Waals surface area contributed by atoms with Crippen LogP contribution in [0.15, 0.2) is 18.2 Å². The molecule has 3 heterocycles. The number of fused-ring (bicyclic) bond motifs is 1. The predicted molar refractivity (Wildman–Crippen MR) is 105 cm³/mol. The Labute approximate surface area is 165 Å². The highest BCUT2D eigenvalue weighted by atomic mass is 16.5. The zero-order chi connectivity index (χ0) is 19.5. The number of methoxy groups -OCH3 is 2. The zero-order valence-electron chi connectivity index (χ0n) is 16.7. The van der Waals surface area contributed by atoms with Crippen molar-refractivity contribution in [1.82, 2.24) is 19.7 Å². The first-order chi connectivity index (χ1) is 13.7. The summed E-state index contributed by atoms with van der Waals surface area (Å²) in [5, 5.41) is 8.96. The zero-order valence-corrected chi connectivity index (χ0v) is 16.7. The maximum Gasteiger partial charge on any atom is 0.257 e. The first-order valence-corrected chi connectivity index (χ1v) is 10.1. The molecule has 1 amide bonds. The molecular formula is C21H28N4O3. The van der Waals surface area contributed by atoms with Crippen LogP contribution in [0.3, 0.4) is 0 Å². The summed E-state index contributed by atoms with van der Waals surface area (Å²) in [7, 11) is 3.18. The van der Waals surface area contributed by atoms with Gasteiger partial charge in [-0.3, -0.25) is 4.79 Å². The number of piperidine rings is 1. The van der Waals surface area contributed by atoms with Gasteiger partial charge >= 0.3 is 0 Å². The van der Waals surface area contributed by atoms with Crippen LogP contribution >= 0.6 is 0 Å². The van der Waals surface area contributed by atoms with E-state index in [-0.39, 0.29) is 11.8 Å². The quantitative estimate of drug-likeness (QED) is 0.810. The van der Waals surface area contributed by atoms with Crippen LogP contribution in [0, 0.1) is 0 Å². The van der Waals surface area contributed by atoms with Crippen molar-refractivity contribution in [1.29, 1.82) is 0 Å². The molecule has 1 saturated heterocycles. The van der Waals surface area contributed by atoms with Gasteiger partial charge < -0.3 is 18.9 Å². The highest BCUT2D eigenvalue weighted by Gasteiger charge is 2.30. The van der Waals surface area contributed by atoms with Gasteiger partial charge in [-0.15, -0.1) is 10.2 Å². The van der Waals surface area contributed by atoms with Crippen LogP contribution < -0.4 is 9.47 Å². The summed E-state index contributed by atoms with van der Waals surface area (Å²) in [6.45, 7) is 2.42. The van der Waals surface area contributed by atoms with E-state index in [1.54, 1.807) is 32.4 Å². The summed E-state index contributed by atoms with van der Waals surface area (Å²) in [4.78, 5) is 15.1. The molecule has 0 aliphatic carbocycles. The number of nitrogens with zero attached hydrogens (tertiary/aromatic N) is 4. The number of hydrogen-bond acceptors (Lipinski definition) is 5. The number of benzene rings is 1. The summed E-state index contributed by atoms with van der Waals surface area (Å²) in [5.74, 6) is 3.61. The minimum Gasteiger partial charge on any atom is -0.497 e. The van der Waals surface area contributed by atoms with Crippen molar-refractivity contribution in [2.75, 3.05) is 27.3 Å². The van der Waals surface area contributed by atoms with Gasteiger partial charge in [0.1, 0.15) is 23.1 Å². The number of aryl methyl sites for hydroxylation is 1. The van der Waals surface area contributed by atoms with Gasteiger partial charge in [-0.2, -0.15) is 0 Å². The summed E-state index contributed by atoms with van der Waals surface area (Å²) in [6, 6.07) is 5.34. The lowest BCUT2D eigenvalue weighted by molar-refractivity contribution is 0.0699. The molecule has 1 unspecified atom stereocenters. The third kappa shape index (κ3) is 3.57. The molecule has 1 aromatic carbocycles. The van der Waals surface area contributed by atoms with Crippen LogP contribution in [0.2, 0.25) is 0 Å². The number of amides is 1. The lowest BCUT2D eigenvalue weighted by Gasteiger charge is -2.33. The van der Waals surface area contributed by atoms with Crippen LogP contribution in [0.1, 0.15) is 60.0 Å². The second kappa shape index (κ2) is 8.20. The van der Waals surface area contributed by atoms with E-state index in [2.05, 4.69) is 14.8 Å². The summed E-state index contributed by atoms with van der Waals surface area (Å²) in [5.41, 5.74) is 0.573. The summed E-state index contributed by atoms with van der Waals surface area (Å²) >= 11 is 0. The van der Waals surface area contributed by atoms with Gasteiger partial charge in [0.15, 0.2) is 0 Å². The van der Waals surface area contributed by atoms with Crippen molar-refractivity contribution in [2.45, 2.75) is 51.0 Å². The molecule has 0 N–H and O–H groups in total. The van der Waals surface area contributed by atoms with Gasteiger partial charge in [-0.1, -0.05) is 6.42 Å². The lowest BCUT2D eigenvalue weighted by atomic mass is 9.96. The monoisotopic (exact) mass is 384 g/mol. The smallest absolute Gasteiger partial charge is 0.257 e. The lowest BCUT2D eigenvalue weighted by Crippen LogP contribution is -2.40. The van der Waals surface area contributed by atoms with E-state index in [0.717, 1.165) is 44.0 Å². The molecule has 28 heavy (non-hydrogen) atoms. The molecule has 2 aromatic rings. The number of likely N-dealkylation sites (tertiary alicyclic amines) is 1. The number of carbonyl (C=O) groups excluding carboxylic acids is 1. The first kappa shape index (κ1) is 18.8. The van der Waals surface area contributed by atoms with Gasteiger partial charge in [-0.25, -0.2) is 0 Å². The molecular weight excluding hydrogens is 356 g/mol. The molecule has 2 aliphatic rings. The average Bonchev–Trinajstić information content (AvgIpc) is 3.01. The van der Waals surface area contributed by atoms with E-state index in [0.29, 0.717) is 23.6 Å². The molecule has 7 heteroatoms. The molecule has 0 bridgehead atoms. The normalized spacial score (nSPS) is 19.6. The Morgan fingerprint density at radius 1 is 1.07 bits per heavy atom. The fraction of sp³-hybridized carbons (Fsp3) is 0.571. The Balaban J connectivity index is 1.55. The maximum atomic E-state index is 13.2. The van der Waals surface area contributed by atoms with Gasteiger partial charge in [0, 0.05) is 38.0 Å². The van der Waals surface area contributed by atoms with E-state index >= 15 is 0 Å². The van der Waals surface area contributed by atoms with Crippen molar-refractivity contribution in [3.63, 3.8) is 0 Å².